The highest BCUT2D eigenvalue weighted by Gasteiger charge is 2.42. The van der Waals surface area contributed by atoms with Crippen molar-refractivity contribution in [2.24, 2.45) is 10.8 Å². The normalized spacial score (nSPS) is 15.1. The number of nitrogens with one attached hydrogen (secondary N) is 1. The first-order valence-electron chi connectivity index (χ1n) is 12.8. The molecule has 1 heterocycles. The summed E-state index contributed by atoms with van der Waals surface area (Å²) in [5.41, 5.74) is -3.98. The number of carbonyl (C=O) groups is 2. The van der Waals surface area contributed by atoms with Gasteiger partial charge in [-0.05, 0) is 35.5 Å². The largest absolute Gasteiger partial charge is 0.510 e. The lowest BCUT2D eigenvalue weighted by molar-refractivity contribution is -0.154. The molecule has 0 radical (unpaired) electrons. The molecule has 43 heavy (non-hydrogen) atoms. The Hall–Kier alpha value is -2.63. The smallest absolute Gasteiger partial charge is 0.434 e. The fraction of sp³-hybridized carbons (Fsp3) is 0.680. The molecule has 1 aromatic rings. The fourth-order valence-corrected chi connectivity index (χ4v) is 3.89. The van der Waals surface area contributed by atoms with Crippen molar-refractivity contribution in [1.29, 1.82) is 0 Å². The SMILES string of the molecule is C=C(COP(=O)(OCOC(=O)OCC(C)(C)C)OCOC(=O)OCC(C)(C)C)C(O)[C@@](C)(O)[C@@H](O)n1ccc(=O)[nH]c1=S. The van der Waals surface area contributed by atoms with Gasteiger partial charge < -0.3 is 34.3 Å². The number of aromatic nitrogens is 2. The Bertz CT molecular complexity index is 1220. The molecule has 0 spiro atoms. The first-order chi connectivity index (χ1) is 19.6. The van der Waals surface area contributed by atoms with Gasteiger partial charge in [-0.3, -0.25) is 18.9 Å². The van der Waals surface area contributed by atoms with E-state index in [0.29, 0.717) is 0 Å². The predicted molar refractivity (Wildman–Crippen MR) is 152 cm³/mol. The maximum atomic E-state index is 13.2. The minimum atomic E-state index is -4.72. The van der Waals surface area contributed by atoms with Crippen molar-refractivity contribution in [3.63, 3.8) is 0 Å². The number of hydrogen-bond acceptors (Lipinski definition) is 15. The molecule has 0 fully saturated rings. The van der Waals surface area contributed by atoms with Gasteiger partial charge in [0.25, 0.3) is 5.56 Å². The van der Waals surface area contributed by atoms with Gasteiger partial charge in [-0.2, -0.15) is 0 Å². The van der Waals surface area contributed by atoms with Crippen molar-refractivity contribution in [2.75, 3.05) is 33.4 Å². The maximum absolute atomic E-state index is 13.2. The first kappa shape index (κ1) is 38.4. The van der Waals surface area contributed by atoms with E-state index in [9.17, 15) is 34.3 Å². The summed E-state index contributed by atoms with van der Waals surface area (Å²) < 4.78 is 48.2. The second-order valence-corrected chi connectivity index (χ2v) is 13.9. The van der Waals surface area contributed by atoms with Crippen LogP contribution in [0.5, 0.6) is 0 Å². The third kappa shape index (κ3) is 14.1. The zero-order chi connectivity index (χ0) is 33.2. The van der Waals surface area contributed by atoms with E-state index in [1.54, 1.807) is 0 Å². The highest BCUT2D eigenvalue weighted by molar-refractivity contribution is 7.71. The molecule has 4 N–H and O–H groups in total. The van der Waals surface area contributed by atoms with Crippen LogP contribution in [0.15, 0.2) is 29.2 Å². The van der Waals surface area contributed by atoms with Gasteiger partial charge in [0.05, 0.1) is 19.8 Å². The van der Waals surface area contributed by atoms with Crippen LogP contribution in [0.3, 0.4) is 0 Å². The van der Waals surface area contributed by atoms with Crippen molar-refractivity contribution in [1.82, 2.24) is 9.55 Å². The Kier molecular flexibility index (Phi) is 14.2. The summed E-state index contributed by atoms with van der Waals surface area (Å²) in [4.78, 5) is 37.3. The van der Waals surface area contributed by atoms with Crippen molar-refractivity contribution in [2.45, 2.75) is 66.4 Å². The van der Waals surface area contributed by atoms with E-state index in [-0.39, 0.29) is 34.4 Å². The van der Waals surface area contributed by atoms with Gasteiger partial charge in [0.15, 0.2) is 11.0 Å². The molecule has 1 unspecified atom stereocenters. The summed E-state index contributed by atoms with van der Waals surface area (Å²) in [5.74, 6) is 0. The van der Waals surface area contributed by atoms with Gasteiger partial charge in [0.1, 0.15) is 11.7 Å². The average Bonchev–Trinajstić information content (AvgIpc) is 2.88. The number of nitrogens with zero attached hydrogens (tertiary/aromatic N) is 1. The lowest BCUT2D eigenvalue weighted by atomic mass is 9.92. The Morgan fingerprint density at radius 2 is 1.42 bits per heavy atom. The zero-order valence-electron chi connectivity index (χ0n) is 25.2. The van der Waals surface area contributed by atoms with E-state index in [1.165, 1.54) is 0 Å². The molecule has 246 valence electrons. The highest BCUT2D eigenvalue weighted by Crippen LogP contribution is 2.50. The summed E-state index contributed by atoms with van der Waals surface area (Å²) in [6.45, 7) is 12.7. The molecule has 18 heteroatoms. The second kappa shape index (κ2) is 15.9. The Balaban J connectivity index is 2.91. The summed E-state index contributed by atoms with van der Waals surface area (Å²) >= 11 is 4.97. The lowest BCUT2D eigenvalue weighted by Crippen LogP contribution is -2.48. The second-order valence-electron chi connectivity index (χ2n) is 11.9. The van der Waals surface area contributed by atoms with Crippen LogP contribution in [0.25, 0.3) is 0 Å². The van der Waals surface area contributed by atoms with Crippen LogP contribution in [0.1, 0.15) is 54.7 Å². The number of aliphatic hydroxyl groups excluding tert-OH is 2. The van der Waals surface area contributed by atoms with Crippen LogP contribution in [0.4, 0.5) is 9.59 Å². The number of hydrogen-bond donors (Lipinski definition) is 4. The van der Waals surface area contributed by atoms with Crippen molar-refractivity contribution in [3.8, 4) is 0 Å². The molecule has 0 amide bonds. The number of aliphatic hydroxyl groups is 3. The molecule has 16 nitrogen and oxygen atoms in total. The molecule has 0 bridgehead atoms. The van der Waals surface area contributed by atoms with Crippen molar-refractivity contribution in [3.05, 3.63) is 39.5 Å². The maximum Gasteiger partial charge on any atom is 0.510 e. The van der Waals surface area contributed by atoms with Gasteiger partial charge >= 0.3 is 20.1 Å². The average molecular weight is 657 g/mol. The van der Waals surface area contributed by atoms with Gasteiger partial charge in [0.2, 0.25) is 13.6 Å². The molecule has 0 saturated heterocycles. The van der Waals surface area contributed by atoms with Crippen LogP contribution < -0.4 is 5.56 Å². The quantitative estimate of drug-likeness (QED) is 0.0698. The Labute approximate surface area is 254 Å². The molecule has 3 atom stereocenters. The number of H-pyrrole nitrogens is 1. The van der Waals surface area contributed by atoms with Crippen LogP contribution in [-0.4, -0.2) is 82.3 Å². The third-order valence-corrected chi connectivity index (χ3v) is 6.61. The van der Waals surface area contributed by atoms with Crippen molar-refractivity contribution >= 4 is 32.4 Å². The van der Waals surface area contributed by atoms with Crippen molar-refractivity contribution < 1.29 is 62.0 Å². The lowest BCUT2D eigenvalue weighted by Gasteiger charge is -2.35. The molecular weight excluding hydrogens is 615 g/mol. The van der Waals surface area contributed by atoms with E-state index in [4.69, 9.17) is 44.7 Å². The Morgan fingerprint density at radius 3 is 1.84 bits per heavy atom. The minimum Gasteiger partial charge on any atom is -0.434 e. The number of aromatic amines is 1. The van der Waals surface area contributed by atoms with Gasteiger partial charge in [-0.15, -0.1) is 0 Å². The summed E-state index contributed by atoms with van der Waals surface area (Å²) in [5, 5.41) is 32.2. The number of phosphoric acid groups is 1. The number of rotatable bonds is 15. The summed E-state index contributed by atoms with van der Waals surface area (Å²) in [6, 6.07) is 1.03. The predicted octanol–water partition coefficient (Wildman–Crippen LogP) is 3.54. The summed E-state index contributed by atoms with van der Waals surface area (Å²) in [7, 11) is -4.72. The molecule has 0 saturated carbocycles. The van der Waals surface area contributed by atoms with Crippen LogP contribution >= 0.6 is 20.0 Å². The van der Waals surface area contributed by atoms with E-state index in [1.807, 2.05) is 41.5 Å². The number of carbonyl (C=O) groups excluding carboxylic acids is 2. The molecule has 0 aliphatic carbocycles. The Morgan fingerprint density at radius 1 is 0.953 bits per heavy atom. The molecule has 0 aliphatic heterocycles. The van der Waals surface area contributed by atoms with Crippen LogP contribution in [0, 0.1) is 15.6 Å². The standard InChI is InChI=1S/C25H41N2O14PS/c1-16(18(29)25(8,33)19(30)27-10-9-17(28)26-20(27)43)11-39-42(34,40-14-37-21(31)35-12-23(2,3)4)41-15-38-22(32)36-13-24(5,6)7/h9-10,18-19,29-30,33H,1,11-15H2,2-8H3,(H,26,28,43)/t18?,19-,25-/m1/s1. The zero-order valence-corrected chi connectivity index (χ0v) is 26.9. The number of ether oxygens (including phenoxy) is 4. The molecule has 0 aliphatic rings. The molecule has 1 aromatic heterocycles. The topological polar surface area (TPSA) is 214 Å². The number of phosphoric ester groups is 1. The minimum absolute atomic E-state index is 0.00874. The van der Waals surface area contributed by atoms with Gasteiger partial charge in [0, 0.05) is 12.3 Å². The van der Waals surface area contributed by atoms with E-state index in [0.717, 1.165) is 23.8 Å². The van der Waals surface area contributed by atoms with E-state index < -0.39 is 63.8 Å². The summed E-state index contributed by atoms with van der Waals surface area (Å²) in [6.07, 6.45) is -5.01. The molecular formula is C25H41N2O14PS. The van der Waals surface area contributed by atoms with Crippen LogP contribution in [-0.2, 0) is 37.1 Å². The van der Waals surface area contributed by atoms with Gasteiger partial charge in [-0.25, -0.2) is 23.2 Å². The molecule has 0 aromatic carbocycles. The van der Waals surface area contributed by atoms with Crippen LogP contribution in [0.2, 0.25) is 0 Å². The van der Waals surface area contributed by atoms with E-state index in [2.05, 4.69) is 11.6 Å². The monoisotopic (exact) mass is 656 g/mol. The highest BCUT2D eigenvalue weighted by atomic mass is 32.1. The fourth-order valence-electron chi connectivity index (χ4n) is 2.72. The van der Waals surface area contributed by atoms with E-state index >= 15 is 0 Å². The first-order valence-corrected chi connectivity index (χ1v) is 14.6. The third-order valence-electron chi connectivity index (χ3n) is 5.01. The van der Waals surface area contributed by atoms with Gasteiger partial charge in [-0.1, -0.05) is 48.1 Å². The molecule has 1 rings (SSSR count).